The van der Waals surface area contributed by atoms with Gasteiger partial charge in [-0.2, -0.15) is 5.10 Å². The molecule has 2 saturated heterocycles. The fraction of sp³-hybridized carbons (Fsp3) is 0.459. The highest BCUT2D eigenvalue weighted by Crippen LogP contribution is 2.49. The number of carbonyl (C=O) groups is 2. The summed E-state index contributed by atoms with van der Waals surface area (Å²) in [6.07, 6.45) is 6.44. The lowest BCUT2D eigenvalue weighted by molar-refractivity contribution is -0.117. The molecule has 2 aromatic heterocycles. The van der Waals surface area contributed by atoms with Crippen molar-refractivity contribution in [2.75, 3.05) is 70.6 Å². The molecule has 3 fully saturated rings. The van der Waals surface area contributed by atoms with Gasteiger partial charge in [-0.1, -0.05) is 25.1 Å². The molecule has 1 aromatic carbocycles. The van der Waals surface area contributed by atoms with Gasteiger partial charge in [0, 0.05) is 83.2 Å². The number of fused-ring (bicyclic) bond motifs is 3. The number of hydrogen-bond acceptors (Lipinski definition) is 11. The molecule has 3 aromatic rings. The van der Waals surface area contributed by atoms with Gasteiger partial charge in [-0.25, -0.2) is 4.98 Å². The van der Waals surface area contributed by atoms with Crippen LogP contribution in [0.1, 0.15) is 60.1 Å². The number of aromatic nitrogens is 3. The van der Waals surface area contributed by atoms with Gasteiger partial charge in [-0.05, 0) is 44.5 Å². The van der Waals surface area contributed by atoms with Crippen LogP contribution in [0.25, 0.3) is 11.1 Å². The molecule has 3 aliphatic heterocycles. The van der Waals surface area contributed by atoms with Crippen molar-refractivity contribution in [3.63, 3.8) is 0 Å². The minimum Gasteiger partial charge on any atom is -0.393 e. The Morgan fingerprint density at radius 1 is 1.00 bits per heavy atom. The molecule has 14 nitrogen and oxygen atoms in total. The Bertz CT molecular complexity index is 1850. The van der Waals surface area contributed by atoms with Crippen molar-refractivity contribution in [2.45, 2.75) is 50.9 Å². The second-order valence-electron chi connectivity index (χ2n) is 14.1. The number of allylic oxidation sites excluding steroid dienone is 1. The second-order valence-corrected chi connectivity index (χ2v) is 14.1. The van der Waals surface area contributed by atoms with Gasteiger partial charge in [0.05, 0.1) is 52.6 Å². The first kappa shape index (κ1) is 34.4. The van der Waals surface area contributed by atoms with Crippen LogP contribution in [0, 0.1) is 0 Å². The number of benzene rings is 1. The molecule has 1 unspecified atom stereocenters. The Morgan fingerprint density at radius 3 is 2.45 bits per heavy atom. The number of nitrogens with two attached hydrogens (primary N) is 2. The number of piperazine rings is 1. The number of nitrogens with one attached hydrogen (secondary N) is 3. The molecular weight excluding hydrogens is 644 g/mol. The van der Waals surface area contributed by atoms with Gasteiger partial charge in [0.2, 0.25) is 0 Å². The van der Waals surface area contributed by atoms with Crippen LogP contribution in [0.2, 0.25) is 0 Å². The molecule has 14 heteroatoms. The van der Waals surface area contributed by atoms with E-state index in [0.29, 0.717) is 23.8 Å². The zero-order valence-electron chi connectivity index (χ0n) is 30.0. The summed E-state index contributed by atoms with van der Waals surface area (Å²) in [6, 6.07) is 12.4. The molecule has 1 aliphatic carbocycles. The van der Waals surface area contributed by atoms with Crippen molar-refractivity contribution < 1.29 is 9.59 Å². The predicted octanol–water partition coefficient (Wildman–Crippen LogP) is 2.17. The number of amides is 2. The number of para-hydroxylation sites is 1. The smallest absolute Gasteiger partial charge is 0.272 e. The van der Waals surface area contributed by atoms with E-state index in [0.717, 1.165) is 86.7 Å². The van der Waals surface area contributed by atoms with Crippen molar-refractivity contribution in [2.24, 2.45) is 11.5 Å². The van der Waals surface area contributed by atoms with E-state index < -0.39 is 0 Å². The summed E-state index contributed by atoms with van der Waals surface area (Å²) in [7, 11) is 5.92. The van der Waals surface area contributed by atoms with E-state index in [4.69, 9.17) is 21.5 Å². The van der Waals surface area contributed by atoms with Gasteiger partial charge < -0.3 is 42.1 Å². The number of hydrogen-bond donors (Lipinski definition) is 5. The molecule has 2 amide bonds. The summed E-state index contributed by atoms with van der Waals surface area (Å²) in [4.78, 5) is 39.7. The molecule has 7 rings (SSSR count). The molecule has 5 heterocycles. The van der Waals surface area contributed by atoms with Crippen molar-refractivity contribution in [3.8, 4) is 11.1 Å². The fourth-order valence-corrected chi connectivity index (χ4v) is 7.33. The Morgan fingerprint density at radius 2 is 1.75 bits per heavy atom. The highest BCUT2D eigenvalue weighted by atomic mass is 16.2. The number of pyridine rings is 1. The van der Waals surface area contributed by atoms with Crippen LogP contribution in [0.3, 0.4) is 0 Å². The van der Waals surface area contributed by atoms with Crippen LogP contribution >= 0.6 is 0 Å². The van der Waals surface area contributed by atoms with Crippen LogP contribution in [-0.2, 0) is 11.3 Å². The van der Waals surface area contributed by atoms with E-state index in [-0.39, 0.29) is 35.6 Å². The molecule has 0 spiro atoms. The average molecular weight is 695 g/mol. The lowest BCUT2D eigenvalue weighted by Crippen LogP contribution is -2.48. The third kappa shape index (κ3) is 6.97. The molecule has 270 valence electrons. The quantitative estimate of drug-likeness (QED) is 0.148. The molecule has 51 heavy (non-hydrogen) atoms. The van der Waals surface area contributed by atoms with E-state index in [1.165, 1.54) is 5.69 Å². The Hall–Kier alpha value is -5.08. The first-order chi connectivity index (χ1) is 24.6. The second kappa shape index (κ2) is 14.3. The largest absolute Gasteiger partial charge is 0.393 e. The molecule has 4 aliphatic rings. The Kier molecular flexibility index (Phi) is 9.62. The lowest BCUT2D eigenvalue weighted by atomic mass is 9.91. The highest BCUT2D eigenvalue weighted by molar-refractivity contribution is 5.96. The number of anilines is 2. The number of carbonyl (C=O) groups excluding carboxylic acids is 2. The summed E-state index contributed by atoms with van der Waals surface area (Å²) in [5.74, 6) is 0.0757. The molecule has 1 saturated carbocycles. The fourth-order valence-electron chi connectivity index (χ4n) is 7.33. The normalized spacial score (nSPS) is 20.2. The predicted molar refractivity (Wildman–Crippen MR) is 198 cm³/mol. The van der Waals surface area contributed by atoms with E-state index in [2.05, 4.69) is 62.4 Å². The molecule has 0 bridgehead atoms. The Balaban J connectivity index is 1.09. The van der Waals surface area contributed by atoms with Crippen LogP contribution in [0.4, 0.5) is 11.4 Å². The van der Waals surface area contributed by atoms with Gasteiger partial charge >= 0.3 is 0 Å². The number of likely N-dealkylation sites (N-methyl/N-ethyl adjacent to an activating group) is 1. The first-order valence-corrected chi connectivity index (χ1v) is 18.0. The number of rotatable bonds is 11. The summed E-state index contributed by atoms with van der Waals surface area (Å²) < 4.78 is 2.21. The zero-order chi connectivity index (χ0) is 35.8. The summed E-state index contributed by atoms with van der Waals surface area (Å²) in [5, 5.41) is 14.3. The standard InChI is InChI=1S/C37H50N12O2/c1-5-31-35-27(26-9-7-10-28(34(26)46(31)4)44-30(18-32(38)40-2)33(39)36(50)43-23-12-13-23)19-41-49(35)25-21-47(22-25)20-24-8-6-11-29(42-24)37(51)48-16-14-45(3)15-17-48/h6-11,18-19,23,25,31,40,44H,5,12-17,20-22,38-39H2,1-4H3,(H,43,50)/b32-18+,33-30+. The average Bonchev–Trinajstić information content (AvgIpc) is 3.84. The van der Waals surface area contributed by atoms with E-state index in [9.17, 15) is 9.59 Å². The molecule has 7 N–H and O–H groups in total. The number of likely N-dealkylation sites (tertiary alicyclic amines) is 1. The third-order valence-electron chi connectivity index (χ3n) is 10.5. The van der Waals surface area contributed by atoms with Crippen LogP contribution < -0.4 is 32.3 Å². The summed E-state index contributed by atoms with van der Waals surface area (Å²) in [5.41, 5.74) is 19.7. The van der Waals surface area contributed by atoms with Gasteiger partial charge in [0.1, 0.15) is 11.4 Å². The third-order valence-corrected chi connectivity index (χ3v) is 10.5. The van der Waals surface area contributed by atoms with Crippen LogP contribution in [0.5, 0.6) is 0 Å². The van der Waals surface area contributed by atoms with E-state index >= 15 is 0 Å². The highest BCUT2D eigenvalue weighted by Gasteiger charge is 2.38. The first-order valence-electron chi connectivity index (χ1n) is 18.0. The van der Waals surface area contributed by atoms with E-state index in [1.807, 2.05) is 41.4 Å². The maximum absolute atomic E-state index is 13.1. The van der Waals surface area contributed by atoms with Crippen molar-refractivity contribution in [1.29, 1.82) is 0 Å². The maximum atomic E-state index is 13.1. The molecule has 0 radical (unpaired) electrons. The molecular formula is C37H50N12O2. The van der Waals surface area contributed by atoms with Crippen LogP contribution in [0.15, 0.2) is 65.9 Å². The summed E-state index contributed by atoms with van der Waals surface area (Å²) >= 11 is 0. The van der Waals surface area contributed by atoms with Gasteiger partial charge in [0.25, 0.3) is 11.8 Å². The number of nitrogens with zero attached hydrogens (tertiary/aromatic N) is 7. The van der Waals surface area contributed by atoms with Crippen molar-refractivity contribution in [1.82, 2.24) is 40.1 Å². The van der Waals surface area contributed by atoms with Crippen LogP contribution in [-0.4, -0.2) is 108 Å². The minimum absolute atomic E-state index is 0.0105. The monoisotopic (exact) mass is 694 g/mol. The van der Waals surface area contributed by atoms with Crippen molar-refractivity contribution >= 4 is 23.2 Å². The topological polar surface area (TPSA) is 166 Å². The van der Waals surface area contributed by atoms with Gasteiger partial charge in [-0.3, -0.25) is 19.2 Å². The van der Waals surface area contributed by atoms with Gasteiger partial charge in [0.15, 0.2) is 0 Å². The van der Waals surface area contributed by atoms with E-state index in [1.54, 1.807) is 13.1 Å². The lowest BCUT2D eigenvalue weighted by Gasteiger charge is -2.43. The maximum Gasteiger partial charge on any atom is 0.272 e. The minimum atomic E-state index is -0.314. The Labute approximate surface area is 299 Å². The van der Waals surface area contributed by atoms with Gasteiger partial charge in [-0.15, -0.1) is 0 Å². The SMILES string of the molecule is CCC1c2c(cnn2C2CN(Cc3cccc(C(=O)N4CCN(C)CC4)n3)C2)-c2cccc(NC(/C=C(\N)NC)=C(/N)C(=O)NC3CC3)c2N1C. The zero-order valence-corrected chi connectivity index (χ0v) is 30.0. The van der Waals surface area contributed by atoms with Crippen molar-refractivity contribution in [3.05, 3.63) is 83.0 Å². The summed E-state index contributed by atoms with van der Waals surface area (Å²) in [6.45, 7) is 7.79. The molecule has 1 atom stereocenters.